The molecule has 0 aliphatic heterocycles. The molecule has 0 fully saturated rings. The van der Waals surface area contributed by atoms with Gasteiger partial charge in [0.05, 0.1) is 18.6 Å². The maximum atomic E-state index is 11.1. The summed E-state index contributed by atoms with van der Waals surface area (Å²) in [7, 11) is -1.69. The number of carbonyl (C=O) groups is 1. The number of esters is 1. The fourth-order valence-electron chi connectivity index (χ4n) is 0.804. The average molecular weight is 237 g/mol. The van der Waals surface area contributed by atoms with Crippen LogP contribution in [0.2, 0.25) is 19.6 Å². The number of hydrogen-bond donors (Lipinski definition) is 0. The molecule has 0 spiro atoms. The van der Waals surface area contributed by atoms with Crippen LogP contribution in [0.4, 0.5) is 0 Å². The van der Waals surface area contributed by atoms with Gasteiger partial charge >= 0.3 is 5.97 Å². The maximum absolute atomic E-state index is 11.1. The SMILES string of the molecule is CCOC(=O)/C=C(\CCl)O[Si](C)(C)C. The molecule has 0 saturated heterocycles. The van der Waals surface area contributed by atoms with Crippen molar-refractivity contribution in [1.82, 2.24) is 0 Å². The van der Waals surface area contributed by atoms with E-state index >= 15 is 0 Å². The van der Waals surface area contributed by atoms with E-state index in [1.54, 1.807) is 6.92 Å². The zero-order valence-electron chi connectivity index (χ0n) is 9.09. The lowest BCUT2D eigenvalue weighted by atomic mass is 10.5. The van der Waals surface area contributed by atoms with Crippen LogP contribution in [0.1, 0.15) is 6.92 Å². The molecule has 14 heavy (non-hydrogen) atoms. The molecular weight excluding hydrogens is 220 g/mol. The Morgan fingerprint density at radius 1 is 1.43 bits per heavy atom. The van der Waals surface area contributed by atoms with Crippen LogP contribution < -0.4 is 0 Å². The van der Waals surface area contributed by atoms with Crippen LogP contribution in [0.25, 0.3) is 0 Å². The van der Waals surface area contributed by atoms with Crippen LogP contribution in [-0.2, 0) is 14.0 Å². The van der Waals surface area contributed by atoms with Gasteiger partial charge in [0.25, 0.3) is 0 Å². The van der Waals surface area contributed by atoms with Crippen molar-refractivity contribution in [3.05, 3.63) is 11.8 Å². The zero-order valence-corrected chi connectivity index (χ0v) is 10.9. The van der Waals surface area contributed by atoms with E-state index in [1.807, 2.05) is 19.6 Å². The highest BCUT2D eigenvalue weighted by Gasteiger charge is 2.17. The quantitative estimate of drug-likeness (QED) is 0.242. The van der Waals surface area contributed by atoms with Gasteiger partial charge in [-0.1, -0.05) is 0 Å². The molecule has 0 bridgehead atoms. The van der Waals surface area contributed by atoms with Crippen molar-refractivity contribution in [2.75, 3.05) is 12.5 Å². The van der Waals surface area contributed by atoms with E-state index in [4.69, 9.17) is 20.8 Å². The van der Waals surface area contributed by atoms with E-state index < -0.39 is 14.3 Å². The van der Waals surface area contributed by atoms with Crippen LogP contribution in [-0.4, -0.2) is 26.8 Å². The van der Waals surface area contributed by atoms with Gasteiger partial charge in [-0.15, -0.1) is 11.6 Å². The molecule has 0 radical (unpaired) electrons. The van der Waals surface area contributed by atoms with Crippen LogP contribution in [0.3, 0.4) is 0 Å². The third-order valence-corrected chi connectivity index (χ3v) is 2.27. The van der Waals surface area contributed by atoms with Crippen molar-refractivity contribution in [3.63, 3.8) is 0 Å². The summed E-state index contributed by atoms with van der Waals surface area (Å²) >= 11 is 5.64. The first-order valence-corrected chi connectivity index (χ1v) is 8.45. The molecule has 5 heteroatoms. The Morgan fingerprint density at radius 2 is 2.00 bits per heavy atom. The second-order valence-corrected chi connectivity index (χ2v) is 8.41. The molecule has 3 nitrogen and oxygen atoms in total. The summed E-state index contributed by atoms with van der Waals surface area (Å²) in [5, 5.41) is 0. The van der Waals surface area contributed by atoms with E-state index in [2.05, 4.69) is 0 Å². The van der Waals surface area contributed by atoms with E-state index in [1.165, 1.54) is 6.08 Å². The molecule has 0 saturated carbocycles. The van der Waals surface area contributed by atoms with Crippen LogP contribution >= 0.6 is 11.6 Å². The van der Waals surface area contributed by atoms with Gasteiger partial charge in [0.15, 0.2) is 0 Å². The number of alkyl halides is 1. The second kappa shape index (κ2) is 6.09. The molecule has 0 rings (SSSR count). The fourth-order valence-corrected chi connectivity index (χ4v) is 1.94. The molecule has 0 aliphatic carbocycles. The standard InChI is InChI=1S/C9H17ClO3Si/c1-5-12-9(11)6-8(7-10)13-14(2,3)4/h6H,5,7H2,1-4H3/b8-6+. The third-order valence-electron chi connectivity index (χ3n) is 1.13. The van der Waals surface area contributed by atoms with Gasteiger partial charge in [0, 0.05) is 0 Å². The molecular formula is C9H17ClO3Si. The largest absolute Gasteiger partial charge is 0.546 e. The number of carbonyl (C=O) groups excluding carboxylic acids is 1. The van der Waals surface area contributed by atoms with Crippen molar-refractivity contribution in [3.8, 4) is 0 Å². The van der Waals surface area contributed by atoms with Crippen LogP contribution in [0.15, 0.2) is 11.8 Å². The summed E-state index contributed by atoms with van der Waals surface area (Å²) < 4.78 is 10.3. The van der Waals surface area contributed by atoms with E-state index in [0.29, 0.717) is 12.4 Å². The molecule has 0 aromatic carbocycles. The molecule has 0 amide bonds. The topological polar surface area (TPSA) is 35.5 Å². The monoisotopic (exact) mass is 236 g/mol. The fraction of sp³-hybridized carbons (Fsp3) is 0.667. The minimum Gasteiger partial charge on any atom is -0.546 e. The first-order chi connectivity index (χ1) is 6.39. The molecule has 0 aromatic rings. The Labute approximate surface area is 91.2 Å². The smallest absolute Gasteiger partial charge is 0.334 e. The van der Waals surface area contributed by atoms with Crippen molar-refractivity contribution in [2.24, 2.45) is 0 Å². The number of halogens is 1. The maximum Gasteiger partial charge on any atom is 0.334 e. The summed E-state index contributed by atoms with van der Waals surface area (Å²) in [5.41, 5.74) is 0. The highest BCUT2D eigenvalue weighted by Crippen LogP contribution is 2.11. The second-order valence-electron chi connectivity index (χ2n) is 3.71. The van der Waals surface area contributed by atoms with E-state index in [-0.39, 0.29) is 5.88 Å². The number of allylic oxidation sites excluding steroid dienone is 1. The molecule has 0 N–H and O–H groups in total. The van der Waals surface area contributed by atoms with Gasteiger partial charge in [-0.2, -0.15) is 0 Å². The van der Waals surface area contributed by atoms with Gasteiger partial charge in [-0.3, -0.25) is 0 Å². The summed E-state index contributed by atoms with van der Waals surface area (Å²) in [6.45, 7) is 8.19. The van der Waals surface area contributed by atoms with Gasteiger partial charge in [0.1, 0.15) is 5.76 Å². The Hall–Kier alpha value is -0.483. The normalized spacial score (nSPS) is 12.5. The third kappa shape index (κ3) is 6.97. The molecule has 0 atom stereocenters. The van der Waals surface area contributed by atoms with Gasteiger partial charge < -0.3 is 9.16 Å². The summed E-state index contributed by atoms with van der Waals surface area (Å²) in [4.78, 5) is 11.1. The Balaban J connectivity index is 4.32. The van der Waals surface area contributed by atoms with E-state index in [9.17, 15) is 4.79 Å². The van der Waals surface area contributed by atoms with Gasteiger partial charge in [-0.25, -0.2) is 4.79 Å². The predicted octanol–water partition coefficient (Wildman–Crippen LogP) is 2.52. The molecule has 0 unspecified atom stereocenters. The lowest BCUT2D eigenvalue weighted by Crippen LogP contribution is -2.25. The average Bonchev–Trinajstić information content (AvgIpc) is 2.01. The minimum absolute atomic E-state index is 0.198. The Kier molecular flexibility index (Phi) is 5.88. The first-order valence-electron chi connectivity index (χ1n) is 4.51. The number of ether oxygens (including phenoxy) is 1. The first kappa shape index (κ1) is 13.5. The number of hydrogen-bond acceptors (Lipinski definition) is 3. The number of rotatable bonds is 5. The highest BCUT2D eigenvalue weighted by molar-refractivity contribution is 6.70. The molecule has 0 aliphatic rings. The van der Waals surface area contributed by atoms with Crippen molar-refractivity contribution in [1.29, 1.82) is 0 Å². The summed E-state index contributed by atoms with van der Waals surface area (Å²) in [6, 6.07) is 0. The van der Waals surface area contributed by atoms with E-state index in [0.717, 1.165) is 0 Å². The van der Waals surface area contributed by atoms with Crippen LogP contribution in [0.5, 0.6) is 0 Å². The molecule has 82 valence electrons. The molecule has 0 heterocycles. The Morgan fingerprint density at radius 3 is 2.36 bits per heavy atom. The summed E-state index contributed by atoms with van der Waals surface area (Å²) in [5.74, 6) is 0.286. The van der Waals surface area contributed by atoms with Gasteiger partial charge in [0.2, 0.25) is 8.32 Å². The minimum atomic E-state index is -1.69. The molecule has 0 aromatic heterocycles. The van der Waals surface area contributed by atoms with Crippen molar-refractivity contribution < 1.29 is 14.0 Å². The lowest BCUT2D eigenvalue weighted by Gasteiger charge is -2.20. The van der Waals surface area contributed by atoms with Crippen molar-refractivity contribution in [2.45, 2.75) is 26.6 Å². The highest BCUT2D eigenvalue weighted by atomic mass is 35.5. The van der Waals surface area contributed by atoms with Gasteiger partial charge in [-0.05, 0) is 26.6 Å². The predicted molar refractivity (Wildman–Crippen MR) is 59.9 cm³/mol. The zero-order chi connectivity index (χ0) is 11.2. The van der Waals surface area contributed by atoms with Crippen molar-refractivity contribution >= 4 is 25.9 Å². The Bertz CT molecular complexity index is 221. The lowest BCUT2D eigenvalue weighted by molar-refractivity contribution is -0.137. The van der Waals surface area contributed by atoms with Crippen LogP contribution in [0, 0.1) is 0 Å². The summed E-state index contributed by atoms with van der Waals surface area (Å²) in [6.07, 6.45) is 1.31.